The molecule has 0 spiro atoms. The topological polar surface area (TPSA) is 21.3 Å². The van der Waals surface area contributed by atoms with Gasteiger partial charge in [-0.1, -0.05) is 26.8 Å². The summed E-state index contributed by atoms with van der Waals surface area (Å²) in [5.41, 5.74) is 0.180. The van der Waals surface area contributed by atoms with Crippen LogP contribution in [0.1, 0.15) is 40.0 Å². The van der Waals surface area contributed by atoms with Crippen LogP contribution in [0.3, 0.4) is 0 Å². The zero-order chi connectivity index (χ0) is 12.0. The minimum atomic E-state index is 0.180. The molecule has 0 bridgehead atoms. The Morgan fingerprint density at radius 2 is 2.19 bits per heavy atom. The van der Waals surface area contributed by atoms with E-state index in [-0.39, 0.29) is 5.41 Å². The van der Waals surface area contributed by atoms with Crippen molar-refractivity contribution in [3.05, 3.63) is 12.7 Å². The average molecular weight is 225 g/mol. The van der Waals surface area contributed by atoms with Crippen molar-refractivity contribution < 1.29 is 4.74 Å². The monoisotopic (exact) mass is 225 g/mol. The van der Waals surface area contributed by atoms with Crippen molar-refractivity contribution in [2.24, 2.45) is 11.3 Å². The van der Waals surface area contributed by atoms with Gasteiger partial charge in [0, 0.05) is 25.8 Å². The summed E-state index contributed by atoms with van der Waals surface area (Å²) in [6.07, 6.45) is 5.82. The first-order valence-electron chi connectivity index (χ1n) is 6.50. The fraction of sp³-hybridized carbons (Fsp3) is 0.857. The van der Waals surface area contributed by atoms with Gasteiger partial charge in [-0.3, -0.25) is 0 Å². The van der Waals surface area contributed by atoms with Gasteiger partial charge in [-0.2, -0.15) is 0 Å². The third-order valence-corrected chi connectivity index (χ3v) is 3.13. The second-order valence-electron chi connectivity index (χ2n) is 5.73. The molecule has 0 aliphatic heterocycles. The van der Waals surface area contributed by atoms with Crippen LogP contribution in [0.5, 0.6) is 0 Å². The molecule has 1 aliphatic carbocycles. The Kier molecular flexibility index (Phi) is 5.50. The molecular weight excluding hydrogens is 198 g/mol. The summed E-state index contributed by atoms with van der Waals surface area (Å²) in [6, 6.07) is 0.774. The molecule has 1 atom stereocenters. The summed E-state index contributed by atoms with van der Waals surface area (Å²) in [6.45, 7) is 13.3. The fourth-order valence-corrected chi connectivity index (χ4v) is 1.55. The summed E-state index contributed by atoms with van der Waals surface area (Å²) in [5, 5.41) is 3.57. The lowest BCUT2D eigenvalue weighted by Crippen LogP contribution is -2.32. The molecule has 1 rings (SSSR count). The standard InChI is InChI=1S/C14H27NO/c1-5-14(4,11-15-13-6-7-13)8-9-16-10-12(2)3/h5,12-13,15H,1,6-11H2,2-4H3. The van der Waals surface area contributed by atoms with Crippen LogP contribution in [0.2, 0.25) is 0 Å². The quantitative estimate of drug-likeness (QED) is 0.481. The maximum atomic E-state index is 5.64. The predicted molar refractivity (Wildman–Crippen MR) is 69.6 cm³/mol. The highest BCUT2D eigenvalue weighted by atomic mass is 16.5. The number of rotatable bonds is 9. The Labute approximate surface area is 100 Å². The van der Waals surface area contributed by atoms with Gasteiger partial charge in [-0.15, -0.1) is 6.58 Å². The SMILES string of the molecule is C=CC(C)(CCOCC(C)C)CNC1CC1. The van der Waals surface area contributed by atoms with Gasteiger partial charge in [0.05, 0.1) is 0 Å². The number of nitrogens with one attached hydrogen (secondary N) is 1. The van der Waals surface area contributed by atoms with Crippen molar-refractivity contribution in [3.63, 3.8) is 0 Å². The summed E-state index contributed by atoms with van der Waals surface area (Å²) in [4.78, 5) is 0. The van der Waals surface area contributed by atoms with E-state index >= 15 is 0 Å². The average Bonchev–Trinajstić information content (AvgIpc) is 3.05. The molecule has 1 aliphatic rings. The van der Waals surface area contributed by atoms with Crippen LogP contribution in [-0.2, 0) is 4.74 Å². The molecule has 1 saturated carbocycles. The minimum Gasteiger partial charge on any atom is -0.381 e. The first-order valence-corrected chi connectivity index (χ1v) is 6.50. The van der Waals surface area contributed by atoms with Crippen molar-refractivity contribution in [2.75, 3.05) is 19.8 Å². The van der Waals surface area contributed by atoms with E-state index in [0.29, 0.717) is 5.92 Å². The highest BCUT2D eigenvalue weighted by Gasteiger charge is 2.26. The molecule has 0 aromatic heterocycles. The van der Waals surface area contributed by atoms with E-state index in [4.69, 9.17) is 4.74 Å². The molecule has 0 amide bonds. The number of ether oxygens (including phenoxy) is 1. The van der Waals surface area contributed by atoms with E-state index in [2.05, 4.69) is 38.7 Å². The van der Waals surface area contributed by atoms with Crippen LogP contribution in [0, 0.1) is 11.3 Å². The van der Waals surface area contributed by atoms with Crippen LogP contribution >= 0.6 is 0 Å². The van der Waals surface area contributed by atoms with Gasteiger partial charge in [0.2, 0.25) is 0 Å². The van der Waals surface area contributed by atoms with E-state index in [9.17, 15) is 0 Å². The first kappa shape index (κ1) is 13.7. The molecule has 2 heteroatoms. The molecule has 0 radical (unpaired) electrons. The lowest BCUT2D eigenvalue weighted by molar-refractivity contribution is 0.0897. The van der Waals surface area contributed by atoms with Gasteiger partial charge >= 0.3 is 0 Å². The zero-order valence-corrected chi connectivity index (χ0v) is 11.1. The molecular formula is C14H27NO. The molecule has 1 fully saturated rings. The van der Waals surface area contributed by atoms with Crippen molar-refractivity contribution in [3.8, 4) is 0 Å². The Morgan fingerprint density at radius 1 is 1.50 bits per heavy atom. The normalized spacial score (nSPS) is 19.8. The summed E-state index contributed by atoms with van der Waals surface area (Å²) in [5.74, 6) is 0.625. The van der Waals surface area contributed by atoms with Crippen molar-refractivity contribution in [2.45, 2.75) is 46.1 Å². The van der Waals surface area contributed by atoms with Gasteiger partial charge in [0.15, 0.2) is 0 Å². The molecule has 94 valence electrons. The molecule has 1 N–H and O–H groups in total. The lowest BCUT2D eigenvalue weighted by atomic mass is 9.87. The lowest BCUT2D eigenvalue weighted by Gasteiger charge is -2.26. The fourth-order valence-electron chi connectivity index (χ4n) is 1.55. The highest BCUT2D eigenvalue weighted by Crippen LogP contribution is 2.25. The van der Waals surface area contributed by atoms with Gasteiger partial charge in [0.25, 0.3) is 0 Å². The highest BCUT2D eigenvalue weighted by molar-refractivity contribution is 4.95. The second-order valence-corrected chi connectivity index (χ2v) is 5.73. The second kappa shape index (κ2) is 6.41. The Hall–Kier alpha value is -0.340. The summed E-state index contributed by atoms with van der Waals surface area (Å²) >= 11 is 0. The van der Waals surface area contributed by atoms with E-state index < -0.39 is 0 Å². The predicted octanol–water partition coefficient (Wildman–Crippen LogP) is 2.99. The largest absolute Gasteiger partial charge is 0.381 e. The summed E-state index contributed by atoms with van der Waals surface area (Å²) in [7, 11) is 0. The van der Waals surface area contributed by atoms with Gasteiger partial charge in [-0.05, 0) is 30.6 Å². The van der Waals surface area contributed by atoms with Crippen LogP contribution < -0.4 is 5.32 Å². The Morgan fingerprint density at radius 3 is 2.69 bits per heavy atom. The van der Waals surface area contributed by atoms with Crippen LogP contribution in [0.15, 0.2) is 12.7 Å². The van der Waals surface area contributed by atoms with E-state index in [1.807, 2.05) is 0 Å². The van der Waals surface area contributed by atoms with Gasteiger partial charge < -0.3 is 10.1 Å². The van der Waals surface area contributed by atoms with E-state index in [1.165, 1.54) is 12.8 Å². The van der Waals surface area contributed by atoms with Crippen LogP contribution in [0.4, 0.5) is 0 Å². The zero-order valence-electron chi connectivity index (χ0n) is 11.1. The van der Waals surface area contributed by atoms with E-state index in [1.54, 1.807) is 0 Å². The molecule has 0 aromatic rings. The minimum absolute atomic E-state index is 0.180. The van der Waals surface area contributed by atoms with Gasteiger partial charge in [-0.25, -0.2) is 0 Å². The molecule has 16 heavy (non-hydrogen) atoms. The third-order valence-electron chi connectivity index (χ3n) is 3.13. The molecule has 2 nitrogen and oxygen atoms in total. The first-order chi connectivity index (χ1) is 7.56. The third kappa shape index (κ3) is 5.66. The maximum absolute atomic E-state index is 5.64. The van der Waals surface area contributed by atoms with E-state index in [0.717, 1.165) is 32.2 Å². The van der Waals surface area contributed by atoms with Crippen molar-refractivity contribution >= 4 is 0 Å². The molecule has 0 heterocycles. The van der Waals surface area contributed by atoms with Crippen molar-refractivity contribution in [1.29, 1.82) is 0 Å². The summed E-state index contributed by atoms with van der Waals surface area (Å²) < 4.78 is 5.64. The number of hydrogen-bond donors (Lipinski definition) is 1. The number of hydrogen-bond acceptors (Lipinski definition) is 2. The van der Waals surface area contributed by atoms with Gasteiger partial charge in [0.1, 0.15) is 0 Å². The smallest absolute Gasteiger partial charge is 0.0488 e. The molecule has 0 saturated heterocycles. The van der Waals surface area contributed by atoms with Crippen LogP contribution in [0.25, 0.3) is 0 Å². The Balaban J connectivity index is 2.14. The van der Waals surface area contributed by atoms with Crippen molar-refractivity contribution in [1.82, 2.24) is 5.32 Å². The maximum Gasteiger partial charge on any atom is 0.0488 e. The van der Waals surface area contributed by atoms with Crippen LogP contribution in [-0.4, -0.2) is 25.8 Å². The molecule has 0 aromatic carbocycles. The Bertz CT molecular complexity index is 211. The molecule has 1 unspecified atom stereocenters.